The SMILES string of the molecule is Cc1csc2nc(-c3ccccc3)c(P(=O)(OC(C)C)OC(C)C)n12. The highest BCUT2D eigenvalue weighted by Gasteiger charge is 2.38. The van der Waals surface area contributed by atoms with Crippen LogP contribution in [0, 0.1) is 6.92 Å². The molecule has 7 heteroatoms. The second-order valence-corrected chi connectivity index (χ2v) is 9.13. The van der Waals surface area contributed by atoms with Crippen LogP contribution in [-0.2, 0) is 13.6 Å². The number of hydrogen-bond acceptors (Lipinski definition) is 5. The predicted molar refractivity (Wildman–Crippen MR) is 103 cm³/mol. The fourth-order valence-corrected chi connectivity index (χ4v) is 5.93. The molecule has 0 aliphatic rings. The van der Waals surface area contributed by atoms with Crippen molar-refractivity contribution < 1.29 is 13.6 Å². The number of nitrogens with zero attached hydrogens (tertiary/aromatic N) is 2. The molecule has 5 nitrogen and oxygen atoms in total. The minimum absolute atomic E-state index is 0.238. The van der Waals surface area contributed by atoms with Gasteiger partial charge in [-0.1, -0.05) is 30.3 Å². The Labute approximate surface area is 152 Å². The molecule has 0 atom stereocenters. The molecule has 0 aliphatic heterocycles. The van der Waals surface area contributed by atoms with E-state index in [2.05, 4.69) is 0 Å². The van der Waals surface area contributed by atoms with Crippen LogP contribution in [0.5, 0.6) is 0 Å². The first-order valence-electron chi connectivity index (χ1n) is 8.31. The summed E-state index contributed by atoms with van der Waals surface area (Å²) in [5, 5.41) is 2.00. The van der Waals surface area contributed by atoms with Crippen LogP contribution in [0.15, 0.2) is 35.7 Å². The van der Waals surface area contributed by atoms with Crippen molar-refractivity contribution in [2.75, 3.05) is 0 Å². The van der Waals surface area contributed by atoms with E-state index in [1.807, 2.05) is 74.7 Å². The molecule has 0 unspecified atom stereocenters. The van der Waals surface area contributed by atoms with Crippen molar-refractivity contribution in [2.45, 2.75) is 46.8 Å². The van der Waals surface area contributed by atoms with Gasteiger partial charge in [0.1, 0.15) is 5.69 Å². The Morgan fingerprint density at radius 3 is 2.24 bits per heavy atom. The molecule has 1 aromatic carbocycles. The summed E-state index contributed by atoms with van der Waals surface area (Å²) in [4.78, 5) is 5.52. The number of fused-ring (bicyclic) bond motifs is 1. The van der Waals surface area contributed by atoms with Crippen LogP contribution in [0.3, 0.4) is 0 Å². The van der Waals surface area contributed by atoms with Crippen molar-refractivity contribution in [1.82, 2.24) is 9.38 Å². The maximum Gasteiger partial charge on any atom is 0.380 e. The monoisotopic (exact) mass is 378 g/mol. The van der Waals surface area contributed by atoms with Crippen LogP contribution >= 0.6 is 18.9 Å². The van der Waals surface area contributed by atoms with Gasteiger partial charge in [0.2, 0.25) is 0 Å². The summed E-state index contributed by atoms with van der Waals surface area (Å²) in [6.45, 7) is 9.40. The number of hydrogen-bond donors (Lipinski definition) is 0. The van der Waals surface area contributed by atoms with Crippen molar-refractivity contribution in [1.29, 1.82) is 0 Å². The lowest BCUT2D eigenvalue weighted by Crippen LogP contribution is -2.22. The summed E-state index contributed by atoms with van der Waals surface area (Å²) in [6, 6.07) is 9.75. The highest BCUT2D eigenvalue weighted by atomic mass is 32.1. The van der Waals surface area contributed by atoms with E-state index in [-0.39, 0.29) is 12.2 Å². The predicted octanol–water partition coefficient (Wildman–Crippen LogP) is 5.04. The van der Waals surface area contributed by atoms with Crippen LogP contribution < -0.4 is 5.44 Å². The Morgan fingerprint density at radius 1 is 1.08 bits per heavy atom. The minimum Gasteiger partial charge on any atom is -0.301 e. The van der Waals surface area contributed by atoms with Crippen molar-refractivity contribution in [2.24, 2.45) is 0 Å². The van der Waals surface area contributed by atoms with Crippen molar-refractivity contribution in [3.8, 4) is 11.3 Å². The molecule has 134 valence electrons. The molecule has 0 radical (unpaired) electrons. The number of rotatable bonds is 6. The van der Waals surface area contributed by atoms with Crippen LogP contribution in [0.1, 0.15) is 33.4 Å². The second-order valence-electron chi connectivity index (χ2n) is 6.45. The molecule has 0 N–H and O–H groups in total. The number of aromatic nitrogens is 2. The molecule has 0 saturated heterocycles. The fourth-order valence-electron chi connectivity index (χ4n) is 2.70. The van der Waals surface area contributed by atoms with Crippen LogP contribution in [0.4, 0.5) is 0 Å². The standard InChI is InChI=1S/C18H23N2O3PS/c1-12(2)22-24(21,23-13(3)4)17-16(15-9-7-6-8-10-15)19-18-20(17)14(5)11-25-18/h6-13H,1-5H3. The van der Waals surface area contributed by atoms with Gasteiger partial charge in [-0.2, -0.15) is 0 Å². The van der Waals surface area contributed by atoms with E-state index in [9.17, 15) is 4.57 Å². The zero-order valence-electron chi connectivity index (χ0n) is 15.1. The van der Waals surface area contributed by atoms with Crippen molar-refractivity contribution in [3.05, 3.63) is 41.4 Å². The Hall–Kier alpha value is -1.46. The van der Waals surface area contributed by atoms with Gasteiger partial charge in [0.25, 0.3) is 0 Å². The maximum absolute atomic E-state index is 13.9. The Balaban J connectivity index is 2.31. The van der Waals surface area contributed by atoms with Gasteiger partial charge >= 0.3 is 7.60 Å². The molecule has 0 saturated carbocycles. The topological polar surface area (TPSA) is 52.8 Å². The van der Waals surface area contributed by atoms with Gasteiger partial charge in [-0.3, -0.25) is 8.97 Å². The molecule has 2 aromatic heterocycles. The molecule has 0 fully saturated rings. The molecule has 0 spiro atoms. The van der Waals surface area contributed by atoms with Gasteiger partial charge in [0.05, 0.1) is 12.2 Å². The number of aryl methyl sites for hydroxylation is 1. The summed E-state index contributed by atoms with van der Waals surface area (Å²) < 4.78 is 27.5. The highest BCUT2D eigenvalue weighted by molar-refractivity contribution is 7.62. The first-order chi connectivity index (χ1) is 11.8. The Morgan fingerprint density at radius 2 is 1.68 bits per heavy atom. The van der Waals surface area contributed by atoms with E-state index in [4.69, 9.17) is 14.0 Å². The van der Waals surface area contributed by atoms with E-state index in [1.165, 1.54) is 11.3 Å². The zero-order chi connectivity index (χ0) is 18.2. The van der Waals surface area contributed by atoms with E-state index < -0.39 is 7.60 Å². The lowest BCUT2D eigenvalue weighted by molar-refractivity contribution is 0.149. The van der Waals surface area contributed by atoms with E-state index in [1.54, 1.807) is 0 Å². The maximum atomic E-state index is 13.9. The van der Waals surface area contributed by atoms with E-state index in [0.29, 0.717) is 11.1 Å². The number of imidazole rings is 1. The number of benzene rings is 1. The average molecular weight is 378 g/mol. The summed E-state index contributed by atoms with van der Waals surface area (Å²) in [7, 11) is -3.57. The van der Waals surface area contributed by atoms with E-state index >= 15 is 0 Å². The Bertz CT molecular complexity index is 901. The van der Waals surface area contributed by atoms with Gasteiger partial charge in [-0.15, -0.1) is 11.3 Å². The molecule has 3 rings (SSSR count). The summed E-state index contributed by atoms with van der Waals surface area (Å²) in [5.41, 5.74) is 3.02. The zero-order valence-corrected chi connectivity index (χ0v) is 16.8. The molecule has 3 aromatic rings. The molecule has 0 bridgehead atoms. The lowest BCUT2D eigenvalue weighted by Gasteiger charge is -2.23. The smallest absolute Gasteiger partial charge is 0.301 e. The van der Waals surface area contributed by atoms with Crippen LogP contribution in [-0.4, -0.2) is 21.6 Å². The lowest BCUT2D eigenvalue weighted by atomic mass is 10.2. The largest absolute Gasteiger partial charge is 0.380 e. The molecule has 2 heterocycles. The third kappa shape index (κ3) is 3.58. The van der Waals surface area contributed by atoms with Gasteiger partial charge in [-0.05, 0) is 34.6 Å². The van der Waals surface area contributed by atoms with Crippen LogP contribution in [0.2, 0.25) is 0 Å². The average Bonchev–Trinajstić information content (AvgIpc) is 3.07. The molecule has 0 amide bonds. The molecular formula is C18H23N2O3PS. The first kappa shape index (κ1) is 18.3. The van der Waals surface area contributed by atoms with Crippen molar-refractivity contribution in [3.63, 3.8) is 0 Å². The number of thiazole rings is 1. The second kappa shape index (κ2) is 7.04. The highest BCUT2D eigenvalue weighted by Crippen LogP contribution is 2.52. The first-order valence-corrected chi connectivity index (χ1v) is 10.7. The molecule has 0 aliphatic carbocycles. The fraction of sp³-hybridized carbons (Fsp3) is 0.389. The van der Waals surface area contributed by atoms with Gasteiger partial charge in [-0.25, -0.2) is 4.98 Å². The van der Waals surface area contributed by atoms with Gasteiger partial charge in [0.15, 0.2) is 10.4 Å². The Kier molecular flexibility index (Phi) is 5.16. The van der Waals surface area contributed by atoms with Crippen molar-refractivity contribution >= 4 is 29.3 Å². The normalized spacial score (nSPS) is 12.6. The summed E-state index contributed by atoms with van der Waals surface area (Å²) in [6.07, 6.45) is -0.476. The third-order valence-electron chi connectivity index (χ3n) is 3.52. The van der Waals surface area contributed by atoms with Gasteiger partial charge in [0, 0.05) is 16.6 Å². The van der Waals surface area contributed by atoms with Gasteiger partial charge < -0.3 is 9.05 Å². The van der Waals surface area contributed by atoms with E-state index in [0.717, 1.165) is 16.2 Å². The quantitative estimate of drug-likeness (QED) is 0.564. The summed E-state index contributed by atoms with van der Waals surface area (Å²) >= 11 is 1.52. The molecular weight excluding hydrogens is 355 g/mol. The minimum atomic E-state index is -3.57. The summed E-state index contributed by atoms with van der Waals surface area (Å²) in [5.74, 6) is 0. The third-order valence-corrected chi connectivity index (χ3v) is 6.79. The molecule has 25 heavy (non-hydrogen) atoms. The van der Waals surface area contributed by atoms with Crippen LogP contribution in [0.25, 0.3) is 16.2 Å².